The van der Waals surface area contributed by atoms with Crippen molar-refractivity contribution in [3.63, 3.8) is 0 Å². The molecule has 1 fully saturated rings. The molecule has 5 aromatic rings. The first-order valence-corrected chi connectivity index (χ1v) is 15.1. The normalized spacial score (nSPS) is 13.7. The van der Waals surface area contributed by atoms with Gasteiger partial charge in [0.1, 0.15) is 18.1 Å². The van der Waals surface area contributed by atoms with Crippen molar-refractivity contribution >= 4 is 45.8 Å². The molecule has 0 unspecified atom stereocenters. The number of anilines is 1. The van der Waals surface area contributed by atoms with Gasteiger partial charge in [0.2, 0.25) is 5.95 Å². The van der Waals surface area contributed by atoms with Gasteiger partial charge in [-0.05, 0) is 54.8 Å². The Hall–Kier alpha value is -5.62. The van der Waals surface area contributed by atoms with Crippen molar-refractivity contribution in [2.45, 2.75) is 25.4 Å². The van der Waals surface area contributed by atoms with Gasteiger partial charge >= 0.3 is 17.9 Å². The molecule has 0 spiro atoms. The first-order chi connectivity index (χ1) is 22.7. The van der Waals surface area contributed by atoms with Crippen LogP contribution in [0.15, 0.2) is 97.1 Å². The lowest BCUT2D eigenvalue weighted by Crippen LogP contribution is -2.41. The maximum absolute atomic E-state index is 13.4. The largest absolute Gasteiger partial charge is 0.478 e. The number of carboxylic acids is 2. The molecule has 0 atom stereocenters. The predicted molar refractivity (Wildman–Crippen MR) is 175 cm³/mol. The van der Waals surface area contributed by atoms with E-state index in [0.29, 0.717) is 37.5 Å². The summed E-state index contributed by atoms with van der Waals surface area (Å²) in [4.78, 5) is 43.2. The van der Waals surface area contributed by atoms with E-state index in [0.717, 1.165) is 59.4 Å². The number of aromatic nitrogens is 3. The van der Waals surface area contributed by atoms with Gasteiger partial charge in [0.05, 0.1) is 23.1 Å². The molecule has 0 amide bonds. The van der Waals surface area contributed by atoms with Crippen LogP contribution in [0.2, 0.25) is 0 Å². The van der Waals surface area contributed by atoms with Crippen LogP contribution in [-0.4, -0.2) is 79.8 Å². The van der Waals surface area contributed by atoms with Crippen LogP contribution in [0.1, 0.15) is 28.9 Å². The number of likely N-dealkylation sites (tertiary alicyclic amines) is 1. The van der Waals surface area contributed by atoms with Crippen molar-refractivity contribution in [1.29, 1.82) is 0 Å². The number of ether oxygens (including phenoxy) is 1. The molecule has 47 heavy (non-hydrogen) atoms. The fraction of sp³-hybridized carbons (Fsp3) is 0.229. The molecule has 11 nitrogen and oxygen atoms in total. The molecule has 0 saturated carbocycles. The number of nitrogens with one attached hydrogen (secondary N) is 1. The van der Waals surface area contributed by atoms with Crippen molar-refractivity contribution in [1.82, 2.24) is 19.4 Å². The minimum Gasteiger partial charge on any atom is -0.478 e. The fourth-order valence-electron chi connectivity index (χ4n) is 5.27. The summed E-state index contributed by atoms with van der Waals surface area (Å²) in [5, 5.41) is 20.3. The third-order valence-corrected chi connectivity index (χ3v) is 7.65. The van der Waals surface area contributed by atoms with Gasteiger partial charge in [-0.2, -0.15) is 0 Å². The van der Waals surface area contributed by atoms with Crippen LogP contribution in [0.4, 0.5) is 10.3 Å². The quantitative estimate of drug-likeness (QED) is 0.137. The first-order valence-electron chi connectivity index (χ1n) is 15.1. The number of benzene rings is 3. The van der Waals surface area contributed by atoms with Gasteiger partial charge in [0.25, 0.3) is 0 Å². The highest BCUT2D eigenvalue weighted by molar-refractivity contribution is 5.91. The Kier molecular flexibility index (Phi) is 10.9. The summed E-state index contributed by atoms with van der Waals surface area (Å²) in [5.41, 5.74) is 4.12. The van der Waals surface area contributed by atoms with E-state index in [9.17, 15) is 18.8 Å². The van der Waals surface area contributed by atoms with Crippen LogP contribution in [0, 0.1) is 5.82 Å². The smallest absolute Gasteiger partial charge is 0.356 e. The van der Waals surface area contributed by atoms with Gasteiger partial charge in [-0.3, -0.25) is 4.90 Å². The van der Waals surface area contributed by atoms with E-state index in [1.54, 1.807) is 6.07 Å². The van der Waals surface area contributed by atoms with Gasteiger partial charge in [0, 0.05) is 43.2 Å². The monoisotopic (exact) mass is 639 g/mol. The Labute approximate surface area is 269 Å². The van der Waals surface area contributed by atoms with Gasteiger partial charge in [-0.1, -0.05) is 48.5 Å². The Morgan fingerprint density at radius 3 is 2.21 bits per heavy atom. The van der Waals surface area contributed by atoms with Gasteiger partial charge in [0.15, 0.2) is 0 Å². The van der Waals surface area contributed by atoms with E-state index >= 15 is 0 Å². The predicted octanol–water partition coefficient (Wildman–Crippen LogP) is 5.22. The number of carboxylic acid groups (broad SMARTS) is 2. The van der Waals surface area contributed by atoms with E-state index in [1.807, 2.05) is 60.7 Å². The summed E-state index contributed by atoms with van der Waals surface area (Å²) in [6.07, 6.45) is 3.03. The summed E-state index contributed by atoms with van der Waals surface area (Å²) in [6, 6.07) is 26.3. The molecule has 0 radical (unpaired) electrons. The Bertz CT molecular complexity index is 1870. The van der Waals surface area contributed by atoms with Crippen molar-refractivity contribution in [2.24, 2.45) is 0 Å². The van der Waals surface area contributed by atoms with E-state index < -0.39 is 17.9 Å². The zero-order chi connectivity index (χ0) is 33.2. The Balaban J connectivity index is 0.000000483. The van der Waals surface area contributed by atoms with Crippen LogP contribution < -0.4 is 5.32 Å². The molecule has 0 bridgehead atoms. The summed E-state index contributed by atoms with van der Waals surface area (Å²) in [5.74, 6) is -2.31. The van der Waals surface area contributed by atoms with E-state index in [4.69, 9.17) is 19.9 Å². The average Bonchev–Trinajstić information content (AvgIpc) is 3.41. The molecule has 6 rings (SSSR count). The van der Waals surface area contributed by atoms with Crippen molar-refractivity contribution in [3.05, 3.63) is 114 Å². The lowest BCUT2D eigenvalue weighted by molar-refractivity contribution is -0.134. The summed E-state index contributed by atoms with van der Waals surface area (Å²) < 4.78 is 21.1. The molecule has 3 aromatic carbocycles. The number of hydrogen-bond donors (Lipinski definition) is 3. The van der Waals surface area contributed by atoms with Crippen molar-refractivity contribution in [2.75, 3.05) is 31.6 Å². The number of para-hydroxylation sites is 3. The lowest BCUT2D eigenvalue weighted by Gasteiger charge is -2.32. The number of imidazole rings is 1. The number of piperidine rings is 1. The zero-order valence-corrected chi connectivity index (χ0v) is 25.5. The highest BCUT2D eigenvalue weighted by atomic mass is 19.1. The number of carbonyl (C=O) groups is 3. The molecule has 1 saturated heterocycles. The van der Waals surface area contributed by atoms with Crippen LogP contribution in [0.5, 0.6) is 0 Å². The molecular weight excluding hydrogens is 605 g/mol. The minimum atomic E-state index is -1.26. The van der Waals surface area contributed by atoms with Crippen LogP contribution in [0.3, 0.4) is 0 Å². The highest BCUT2D eigenvalue weighted by Crippen LogP contribution is 2.24. The number of rotatable bonds is 10. The first kappa shape index (κ1) is 32.8. The number of halogens is 1. The number of pyridine rings is 1. The third-order valence-electron chi connectivity index (χ3n) is 7.65. The van der Waals surface area contributed by atoms with E-state index in [1.165, 1.54) is 12.1 Å². The molecule has 242 valence electrons. The molecular formula is C35H34FN5O6. The lowest BCUT2D eigenvalue weighted by atomic mass is 10.1. The second kappa shape index (κ2) is 15.6. The van der Waals surface area contributed by atoms with Gasteiger partial charge in [-0.15, -0.1) is 0 Å². The number of fused-ring (bicyclic) bond motifs is 2. The number of hydrogen-bond acceptors (Lipinski definition) is 8. The molecule has 0 aliphatic carbocycles. The number of esters is 1. The highest BCUT2D eigenvalue weighted by Gasteiger charge is 2.22. The SMILES string of the molecule is O=C(O)/C=C/C(=O)O.O=C(OCCN1CCC(Nc2nc3ccccc3n2Cc2ccc(F)cc2)CC1)c1ccc2ccccc2n1. The van der Waals surface area contributed by atoms with Gasteiger partial charge < -0.3 is 24.8 Å². The number of carbonyl (C=O) groups excluding carboxylic acids is 1. The zero-order valence-electron chi connectivity index (χ0n) is 25.5. The van der Waals surface area contributed by atoms with Crippen molar-refractivity contribution < 1.29 is 33.7 Å². The van der Waals surface area contributed by atoms with E-state index in [-0.39, 0.29) is 11.9 Å². The van der Waals surface area contributed by atoms with Crippen LogP contribution >= 0.6 is 0 Å². The molecule has 1 aliphatic rings. The maximum Gasteiger partial charge on any atom is 0.356 e. The molecule has 12 heteroatoms. The average molecular weight is 640 g/mol. The van der Waals surface area contributed by atoms with E-state index in [2.05, 4.69) is 25.8 Å². The van der Waals surface area contributed by atoms with Gasteiger partial charge in [-0.25, -0.2) is 28.7 Å². The number of aliphatic carboxylic acids is 2. The summed E-state index contributed by atoms with van der Waals surface area (Å²) >= 11 is 0. The Morgan fingerprint density at radius 1 is 0.851 bits per heavy atom. The second-order valence-corrected chi connectivity index (χ2v) is 10.9. The topological polar surface area (TPSA) is 147 Å². The summed E-state index contributed by atoms with van der Waals surface area (Å²) in [6.45, 7) is 3.44. The maximum atomic E-state index is 13.4. The van der Waals surface area contributed by atoms with Crippen molar-refractivity contribution in [3.8, 4) is 0 Å². The molecule has 1 aliphatic heterocycles. The van der Waals surface area contributed by atoms with Crippen LogP contribution in [-0.2, 0) is 20.9 Å². The minimum absolute atomic E-state index is 0.237. The second-order valence-electron chi connectivity index (χ2n) is 10.9. The summed E-state index contributed by atoms with van der Waals surface area (Å²) in [7, 11) is 0. The number of nitrogens with zero attached hydrogens (tertiary/aromatic N) is 4. The molecule has 2 aromatic heterocycles. The Morgan fingerprint density at radius 2 is 1.51 bits per heavy atom. The standard InChI is InChI=1S/C31H30FN5O2.C4H4O4/c32-24-12-9-22(10-13-24)21-37-29-8-4-3-7-27(29)35-31(37)33-25-15-17-36(18-16-25)19-20-39-30(38)28-14-11-23-5-1-2-6-26(23)34-28;5-3(6)1-2-4(7)8/h1-14,25H,15-21H2,(H,33,35);1-2H,(H,5,6)(H,7,8)/b;2-1+. The molecule has 3 N–H and O–H groups in total. The molecule has 3 heterocycles. The fourth-order valence-corrected chi connectivity index (χ4v) is 5.27. The third kappa shape index (κ3) is 9.21. The van der Waals surface area contributed by atoms with Crippen LogP contribution in [0.25, 0.3) is 21.9 Å².